The second kappa shape index (κ2) is 6.01. The van der Waals surface area contributed by atoms with Gasteiger partial charge in [-0.1, -0.05) is 17.4 Å². The quantitative estimate of drug-likeness (QED) is 0.618. The van der Waals surface area contributed by atoms with Crippen LogP contribution in [0.3, 0.4) is 0 Å². The Kier molecular flexibility index (Phi) is 3.96. The standard InChI is InChI=1S/C13H12N4O4S3/c14-12-15-9-8(10(19)16-12)24-13(20)17(9)6-4-23-11(21-6)7(18)5-2-1-3-22-5/h1-3,6-7,11,18H,4H2,(H3,14,15,16,19)/t6-,7?,11+/m1/s1. The maximum atomic E-state index is 12.3. The van der Waals surface area contributed by atoms with Gasteiger partial charge in [-0.15, -0.1) is 23.1 Å². The van der Waals surface area contributed by atoms with Crippen LogP contribution in [0.2, 0.25) is 0 Å². The number of aliphatic hydroxyl groups is 1. The first-order chi connectivity index (χ1) is 11.5. The van der Waals surface area contributed by atoms with E-state index in [-0.39, 0.29) is 21.2 Å². The van der Waals surface area contributed by atoms with Crippen molar-refractivity contribution in [2.75, 3.05) is 11.5 Å². The highest BCUT2D eigenvalue weighted by atomic mass is 32.2. The Morgan fingerprint density at radius 3 is 3.08 bits per heavy atom. The molecule has 8 nitrogen and oxygen atoms in total. The van der Waals surface area contributed by atoms with Crippen molar-refractivity contribution in [3.8, 4) is 0 Å². The van der Waals surface area contributed by atoms with Crippen molar-refractivity contribution in [3.05, 3.63) is 42.4 Å². The van der Waals surface area contributed by atoms with Gasteiger partial charge in [0.25, 0.3) is 5.56 Å². The first-order valence-electron chi connectivity index (χ1n) is 6.94. The molecule has 1 unspecified atom stereocenters. The van der Waals surface area contributed by atoms with Gasteiger partial charge in [-0.05, 0) is 11.4 Å². The van der Waals surface area contributed by atoms with Crippen LogP contribution in [0.15, 0.2) is 27.1 Å². The molecule has 126 valence electrons. The summed E-state index contributed by atoms with van der Waals surface area (Å²) in [5.41, 5.74) is 4.85. The summed E-state index contributed by atoms with van der Waals surface area (Å²) < 4.78 is 7.40. The number of nitrogen functional groups attached to an aromatic ring is 1. The van der Waals surface area contributed by atoms with Crippen molar-refractivity contribution in [2.45, 2.75) is 17.8 Å². The molecule has 0 aromatic carbocycles. The highest BCUT2D eigenvalue weighted by Crippen LogP contribution is 2.40. The molecule has 4 rings (SSSR count). The van der Waals surface area contributed by atoms with E-state index in [1.807, 2.05) is 17.5 Å². The molecule has 4 N–H and O–H groups in total. The van der Waals surface area contributed by atoms with E-state index in [9.17, 15) is 14.7 Å². The zero-order valence-corrected chi connectivity index (χ0v) is 14.5. The molecule has 0 saturated carbocycles. The summed E-state index contributed by atoms with van der Waals surface area (Å²) in [6, 6.07) is 3.69. The summed E-state index contributed by atoms with van der Waals surface area (Å²) in [5.74, 6) is 0.410. The van der Waals surface area contributed by atoms with E-state index in [1.165, 1.54) is 27.7 Å². The number of hydrogen-bond acceptors (Lipinski definition) is 9. The molecule has 1 aliphatic rings. The summed E-state index contributed by atoms with van der Waals surface area (Å²) in [6.45, 7) is 0. The van der Waals surface area contributed by atoms with E-state index < -0.39 is 23.3 Å². The maximum absolute atomic E-state index is 12.3. The molecule has 4 heterocycles. The molecule has 11 heteroatoms. The van der Waals surface area contributed by atoms with E-state index in [4.69, 9.17) is 10.5 Å². The van der Waals surface area contributed by atoms with Gasteiger partial charge in [0.05, 0.1) is 0 Å². The molecule has 0 bridgehead atoms. The van der Waals surface area contributed by atoms with Crippen molar-refractivity contribution >= 4 is 50.7 Å². The first kappa shape index (κ1) is 15.8. The van der Waals surface area contributed by atoms with Gasteiger partial charge >= 0.3 is 4.87 Å². The van der Waals surface area contributed by atoms with E-state index in [2.05, 4.69) is 9.97 Å². The highest BCUT2D eigenvalue weighted by Gasteiger charge is 2.35. The molecule has 0 spiro atoms. The minimum Gasteiger partial charge on any atom is -0.384 e. The third kappa shape index (κ3) is 2.58. The lowest BCUT2D eigenvalue weighted by molar-refractivity contribution is -0.0373. The number of aromatic amines is 1. The van der Waals surface area contributed by atoms with E-state index in [0.717, 1.165) is 16.2 Å². The first-order valence-corrected chi connectivity index (χ1v) is 9.68. The average Bonchev–Trinajstić information content (AvgIpc) is 3.25. The Labute approximate surface area is 146 Å². The SMILES string of the molecule is Nc1nc2c(sc(=O)n2[C@H]2CS[C@@H](C(O)c3cccs3)O2)c(=O)[nH]1. The normalized spacial score (nSPS) is 22.2. The molecular formula is C13H12N4O4S3. The molecule has 1 saturated heterocycles. The second-order valence-corrected chi connectivity index (χ2v) is 8.17. The number of rotatable bonds is 3. The lowest BCUT2D eigenvalue weighted by Crippen LogP contribution is -2.24. The Hall–Kier alpha value is -1.66. The number of hydrogen-bond donors (Lipinski definition) is 3. The number of thiophene rings is 1. The summed E-state index contributed by atoms with van der Waals surface area (Å²) in [6.07, 6.45) is -1.38. The van der Waals surface area contributed by atoms with Gasteiger partial charge in [0, 0.05) is 10.6 Å². The number of nitrogens with zero attached hydrogens (tertiary/aromatic N) is 2. The second-order valence-electron chi connectivity index (χ2n) is 5.09. The van der Waals surface area contributed by atoms with Gasteiger partial charge in [0.15, 0.2) is 5.65 Å². The topological polar surface area (TPSA) is 123 Å². The lowest BCUT2D eigenvalue weighted by Gasteiger charge is -2.17. The van der Waals surface area contributed by atoms with Gasteiger partial charge in [-0.25, -0.2) is 0 Å². The zero-order chi connectivity index (χ0) is 16.8. The number of anilines is 1. The summed E-state index contributed by atoms with van der Waals surface area (Å²) in [5, 5.41) is 12.3. The molecular weight excluding hydrogens is 372 g/mol. The summed E-state index contributed by atoms with van der Waals surface area (Å²) in [4.78, 5) is 31.1. The minimum atomic E-state index is -0.776. The number of fused-ring (bicyclic) bond motifs is 1. The predicted molar refractivity (Wildman–Crippen MR) is 94.6 cm³/mol. The lowest BCUT2D eigenvalue weighted by atomic mass is 10.3. The van der Waals surface area contributed by atoms with Crippen LogP contribution in [-0.2, 0) is 4.74 Å². The van der Waals surface area contributed by atoms with Crippen LogP contribution in [0.5, 0.6) is 0 Å². The van der Waals surface area contributed by atoms with Crippen LogP contribution in [0.4, 0.5) is 5.95 Å². The summed E-state index contributed by atoms with van der Waals surface area (Å²) >= 11 is 3.66. The van der Waals surface area contributed by atoms with E-state index in [0.29, 0.717) is 5.75 Å². The van der Waals surface area contributed by atoms with Gasteiger partial charge in [0.2, 0.25) is 5.95 Å². The van der Waals surface area contributed by atoms with Crippen molar-refractivity contribution in [2.24, 2.45) is 0 Å². The molecule has 3 aromatic rings. The highest BCUT2D eigenvalue weighted by molar-refractivity contribution is 8.00. The van der Waals surface area contributed by atoms with Crippen LogP contribution in [0.1, 0.15) is 17.2 Å². The predicted octanol–water partition coefficient (Wildman–Crippen LogP) is 1.11. The van der Waals surface area contributed by atoms with Gasteiger partial charge < -0.3 is 15.6 Å². The number of thiazole rings is 1. The third-order valence-corrected chi connectivity index (χ3v) is 6.63. The van der Waals surface area contributed by atoms with E-state index >= 15 is 0 Å². The Balaban J connectivity index is 1.68. The van der Waals surface area contributed by atoms with Crippen LogP contribution >= 0.6 is 34.4 Å². The number of nitrogens with two attached hydrogens (primary N) is 1. The number of aromatic nitrogens is 3. The molecule has 1 aliphatic heterocycles. The van der Waals surface area contributed by atoms with Gasteiger partial charge in [-0.3, -0.25) is 19.1 Å². The van der Waals surface area contributed by atoms with Crippen LogP contribution in [0.25, 0.3) is 10.3 Å². The number of nitrogens with one attached hydrogen (secondary N) is 1. The van der Waals surface area contributed by atoms with Crippen LogP contribution in [-0.4, -0.2) is 30.8 Å². The molecule has 0 radical (unpaired) electrons. The largest absolute Gasteiger partial charge is 0.384 e. The van der Waals surface area contributed by atoms with Gasteiger partial charge in [0.1, 0.15) is 22.5 Å². The number of ether oxygens (including phenoxy) is 1. The van der Waals surface area contributed by atoms with Crippen molar-refractivity contribution in [3.63, 3.8) is 0 Å². The van der Waals surface area contributed by atoms with E-state index in [1.54, 1.807) is 0 Å². The number of aliphatic hydroxyl groups excluding tert-OH is 1. The molecule has 1 fully saturated rings. The molecule has 3 atom stereocenters. The fraction of sp³-hybridized carbons (Fsp3) is 0.308. The Morgan fingerprint density at radius 2 is 2.33 bits per heavy atom. The van der Waals surface area contributed by atoms with Crippen molar-refractivity contribution in [1.82, 2.24) is 14.5 Å². The fourth-order valence-corrected chi connectivity index (χ4v) is 5.30. The number of thioether (sulfide) groups is 1. The smallest absolute Gasteiger partial charge is 0.311 e. The maximum Gasteiger partial charge on any atom is 0.311 e. The molecule has 0 aliphatic carbocycles. The molecule has 3 aromatic heterocycles. The van der Waals surface area contributed by atoms with Crippen LogP contribution < -0.4 is 16.2 Å². The Morgan fingerprint density at radius 1 is 1.50 bits per heavy atom. The van der Waals surface area contributed by atoms with Crippen LogP contribution in [0, 0.1) is 0 Å². The van der Waals surface area contributed by atoms with Crippen molar-refractivity contribution < 1.29 is 9.84 Å². The molecule has 0 amide bonds. The monoisotopic (exact) mass is 384 g/mol. The summed E-state index contributed by atoms with van der Waals surface area (Å²) in [7, 11) is 0. The molecule has 24 heavy (non-hydrogen) atoms. The van der Waals surface area contributed by atoms with Crippen molar-refractivity contribution in [1.29, 1.82) is 0 Å². The van der Waals surface area contributed by atoms with Gasteiger partial charge in [-0.2, -0.15) is 4.98 Å². The zero-order valence-electron chi connectivity index (χ0n) is 12.0. The number of H-pyrrole nitrogens is 1. The minimum absolute atomic E-state index is 0.0557. The fourth-order valence-electron chi connectivity index (χ4n) is 2.50. The Bertz CT molecular complexity index is 993. The average molecular weight is 384 g/mol. The third-order valence-electron chi connectivity index (χ3n) is 3.57.